The molecular weight excluding hydrogens is 264 g/mol. The lowest BCUT2D eigenvalue weighted by Crippen LogP contribution is -1.98. The quantitative estimate of drug-likeness (QED) is 0.794. The van der Waals surface area contributed by atoms with E-state index in [1.165, 1.54) is 0 Å². The van der Waals surface area contributed by atoms with E-state index in [0.29, 0.717) is 24.1 Å². The van der Waals surface area contributed by atoms with Crippen molar-refractivity contribution in [2.45, 2.75) is 6.61 Å². The molecule has 0 spiro atoms. The number of rotatable bonds is 4. The van der Waals surface area contributed by atoms with Gasteiger partial charge in [0.05, 0.1) is 0 Å². The molecule has 0 radical (unpaired) electrons. The Bertz CT molecular complexity index is 714. The van der Waals surface area contributed by atoms with Crippen LogP contribution in [0.3, 0.4) is 0 Å². The van der Waals surface area contributed by atoms with E-state index in [1.807, 2.05) is 36.4 Å². The van der Waals surface area contributed by atoms with Gasteiger partial charge >= 0.3 is 0 Å². The van der Waals surface area contributed by atoms with Gasteiger partial charge in [0.15, 0.2) is 5.82 Å². The van der Waals surface area contributed by atoms with Gasteiger partial charge in [-0.3, -0.25) is 0 Å². The van der Waals surface area contributed by atoms with Gasteiger partial charge in [0, 0.05) is 24.0 Å². The van der Waals surface area contributed by atoms with Crippen LogP contribution in [0.5, 0.6) is 5.88 Å². The van der Waals surface area contributed by atoms with E-state index < -0.39 is 0 Å². The van der Waals surface area contributed by atoms with Gasteiger partial charge in [-0.1, -0.05) is 30.3 Å². The van der Waals surface area contributed by atoms with Crippen LogP contribution in [0.4, 0.5) is 5.82 Å². The summed E-state index contributed by atoms with van der Waals surface area (Å²) in [5.41, 5.74) is 7.54. The molecule has 5 heteroatoms. The third kappa shape index (κ3) is 3.33. The van der Waals surface area contributed by atoms with Crippen molar-refractivity contribution in [1.29, 1.82) is 0 Å². The maximum absolute atomic E-state index is 5.64. The van der Waals surface area contributed by atoms with Gasteiger partial charge in [-0.25, -0.2) is 15.0 Å². The van der Waals surface area contributed by atoms with E-state index in [-0.39, 0.29) is 0 Å². The highest BCUT2D eigenvalue weighted by Gasteiger charge is 2.03. The van der Waals surface area contributed by atoms with Crippen molar-refractivity contribution < 1.29 is 4.74 Å². The summed E-state index contributed by atoms with van der Waals surface area (Å²) in [6.45, 7) is 0.488. The first-order chi connectivity index (χ1) is 10.3. The second-order valence-electron chi connectivity index (χ2n) is 4.46. The lowest BCUT2D eigenvalue weighted by Gasteiger charge is -2.06. The molecule has 0 amide bonds. The minimum atomic E-state index is 0.435. The Morgan fingerprint density at radius 2 is 1.81 bits per heavy atom. The molecule has 0 saturated carbocycles. The van der Waals surface area contributed by atoms with E-state index in [0.717, 1.165) is 11.1 Å². The first kappa shape index (κ1) is 13.1. The number of hydrogen-bond donors (Lipinski definition) is 1. The SMILES string of the molecule is Nc1ccnc(-c2ccc(OCc3ccccc3)nc2)n1. The van der Waals surface area contributed by atoms with Crippen LogP contribution in [-0.2, 0) is 6.61 Å². The van der Waals surface area contributed by atoms with E-state index in [1.54, 1.807) is 24.5 Å². The lowest BCUT2D eigenvalue weighted by molar-refractivity contribution is 0.294. The molecule has 2 heterocycles. The van der Waals surface area contributed by atoms with Crippen molar-refractivity contribution in [2.75, 3.05) is 5.73 Å². The van der Waals surface area contributed by atoms with Crippen molar-refractivity contribution >= 4 is 5.82 Å². The van der Waals surface area contributed by atoms with Gasteiger partial charge in [-0.2, -0.15) is 0 Å². The maximum atomic E-state index is 5.64. The summed E-state index contributed by atoms with van der Waals surface area (Å²) in [6.07, 6.45) is 3.30. The highest BCUT2D eigenvalue weighted by atomic mass is 16.5. The molecule has 21 heavy (non-hydrogen) atoms. The number of anilines is 1. The fraction of sp³-hybridized carbons (Fsp3) is 0.0625. The molecule has 2 aromatic heterocycles. The molecule has 0 fully saturated rings. The van der Waals surface area contributed by atoms with Crippen LogP contribution in [0.2, 0.25) is 0 Å². The van der Waals surface area contributed by atoms with Crippen molar-refractivity contribution in [2.24, 2.45) is 0 Å². The lowest BCUT2D eigenvalue weighted by atomic mass is 10.2. The van der Waals surface area contributed by atoms with Crippen molar-refractivity contribution in [3.8, 4) is 17.3 Å². The maximum Gasteiger partial charge on any atom is 0.213 e. The Morgan fingerprint density at radius 1 is 0.952 bits per heavy atom. The monoisotopic (exact) mass is 278 g/mol. The van der Waals surface area contributed by atoms with Gasteiger partial charge < -0.3 is 10.5 Å². The molecule has 0 bridgehead atoms. The smallest absolute Gasteiger partial charge is 0.213 e. The topological polar surface area (TPSA) is 73.9 Å². The van der Waals surface area contributed by atoms with Crippen LogP contribution in [0.1, 0.15) is 5.56 Å². The summed E-state index contributed by atoms with van der Waals surface area (Å²) < 4.78 is 5.63. The number of hydrogen-bond acceptors (Lipinski definition) is 5. The molecule has 1 aromatic carbocycles. The fourth-order valence-corrected chi connectivity index (χ4v) is 1.84. The van der Waals surface area contributed by atoms with Crippen molar-refractivity contribution in [1.82, 2.24) is 15.0 Å². The molecule has 2 N–H and O–H groups in total. The molecule has 104 valence electrons. The van der Waals surface area contributed by atoms with Gasteiger partial charge in [0.2, 0.25) is 5.88 Å². The van der Waals surface area contributed by atoms with Crippen LogP contribution in [0.15, 0.2) is 60.9 Å². The highest BCUT2D eigenvalue weighted by molar-refractivity contribution is 5.55. The van der Waals surface area contributed by atoms with E-state index in [2.05, 4.69) is 15.0 Å². The summed E-state index contributed by atoms with van der Waals surface area (Å²) in [6, 6.07) is 15.3. The normalized spacial score (nSPS) is 10.3. The zero-order chi connectivity index (χ0) is 14.5. The summed E-state index contributed by atoms with van der Waals surface area (Å²) in [5, 5.41) is 0. The number of benzene rings is 1. The van der Waals surface area contributed by atoms with Crippen LogP contribution in [-0.4, -0.2) is 15.0 Å². The Balaban J connectivity index is 1.69. The zero-order valence-corrected chi connectivity index (χ0v) is 11.3. The highest BCUT2D eigenvalue weighted by Crippen LogP contribution is 2.17. The standard InChI is InChI=1S/C16H14N4O/c17-14-8-9-18-16(20-14)13-6-7-15(19-10-13)21-11-12-4-2-1-3-5-12/h1-10H,11H2,(H2,17,18,20). The molecule has 0 saturated heterocycles. The third-order valence-corrected chi connectivity index (χ3v) is 2.90. The number of nitrogens with two attached hydrogens (primary N) is 1. The summed E-state index contributed by atoms with van der Waals surface area (Å²) in [5.74, 6) is 1.55. The number of ether oxygens (including phenoxy) is 1. The zero-order valence-electron chi connectivity index (χ0n) is 11.3. The number of nitrogens with zero attached hydrogens (tertiary/aromatic N) is 3. The number of pyridine rings is 1. The van der Waals surface area contributed by atoms with Crippen LogP contribution in [0, 0.1) is 0 Å². The first-order valence-electron chi connectivity index (χ1n) is 6.53. The molecule has 3 rings (SSSR count). The van der Waals surface area contributed by atoms with E-state index in [4.69, 9.17) is 10.5 Å². The Hall–Kier alpha value is -2.95. The van der Waals surface area contributed by atoms with Gasteiger partial charge in [-0.15, -0.1) is 0 Å². The molecule has 0 atom stereocenters. The van der Waals surface area contributed by atoms with Crippen molar-refractivity contribution in [3.05, 3.63) is 66.5 Å². The molecule has 0 aliphatic heterocycles. The second-order valence-corrected chi connectivity index (χ2v) is 4.46. The van der Waals surface area contributed by atoms with Crippen molar-refractivity contribution in [3.63, 3.8) is 0 Å². The Labute approximate surface area is 122 Å². The fourth-order valence-electron chi connectivity index (χ4n) is 1.84. The minimum absolute atomic E-state index is 0.435. The molecule has 3 aromatic rings. The molecule has 0 unspecified atom stereocenters. The molecule has 5 nitrogen and oxygen atoms in total. The average molecular weight is 278 g/mol. The van der Waals surface area contributed by atoms with Crippen LogP contribution < -0.4 is 10.5 Å². The Kier molecular flexibility index (Phi) is 3.73. The van der Waals surface area contributed by atoms with E-state index >= 15 is 0 Å². The summed E-state index contributed by atoms with van der Waals surface area (Å²) in [7, 11) is 0. The molecule has 0 aliphatic rings. The predicted molar refractivity (Wildman–Crippen MR) is 80.4 cm³/mol. The third-order valence-electron chi connectivity index (χ3n) is 2.90. The van der Waals surface area contributed by atoms with Gasteiger partial charge in [-0.05, 0) is 17.7 Å². The number of nitrogen functional groups attached to an aromatic ring is 1. The molecular formula is C16H14N4O. The van der Waals surface area contributed by atoms with Crippen LogP contribution >= 0.6 is 0 Å². The summed E-state index contributed by atoms with van der Waals surface area (Å²) >= 11 is 0. The minimum Gasteiger partial charge on any atom is -0.473 e. The second kappa shape index (κ2) is 6.00. The Morgan fingerprint density at radius 3 is 2.52 bits per heavy atom. The van der Waals surface area contributed by atoms with Gasteiger partial charge in [0.1, 0.15) is 12.4 Å². The van der Waals surface area contributed by atoms with Crippen LogP contribution in [0.25, 0.3) is 11.4 Å². The number of aromatic nitrogens is 3. The summed E-state index contributed by atoms with van der Waals surface area (Å²) in [4.78, 5) is 12.6. The largest absolute Gasteiger partial charge is 0.473 e. The predicted octanol–water partition coefficient (Wildman–Crippen LogP) is 2.70. The average Bonchev–Trinajstić information content (AvgIpc) is 2.54. The molecule has 0 aliphatic carbocycles. The van der Waals surface area contributed by atoms with E-state index in [9.17, 15) is 0 Å². The van der Waals surface area contributed by atoms with Gasteiger partial charge in [0.25, 0.3) is 0 Å². The first-order valence-corrected chi connectivity index (χ1v) is 6.53.